The van der Waals surface area contributed by atoms with E-state index in [0.29, 0.717) is 17.4 Å². The van der Waals surface area contributed by atoms with Gasteiger partial charge in [-0.2, -0.15) is 13.2 Å². The molecule has 10 heteroatoms. The number of anilines is 1. The molecule has 0 unspecified atom stereocenters. The zero-order valence-corrected chi connectivity index (χ0v) is 15.1. The molecule has 25 heavy (non-hydrogen) atoms. The summed E-state index contributed by atoms with van der Waals surface area (Å²) in [5.74, 6) is -0.226. The van der Waals surface area contributed by atoms with Gasteiger partial charge in [0.15, 0.2) is 4.34 Å². The molecule has 0 aliphatic carbocycles. The molecular weight excluding hydrogens is 375 g/mol. The molecule has 0 radical (unpaired) electrons. The van der Waals surface area contributed by atoms with Crippen molar-refractivity contribution < 1.29 is 22.7 Å². The van der Waals surface area contributed by atoms with Crippen LogP contribution in [0.25, 0.3) is 0 Å². The van der Waals surface area contributed by atoms with E-state index in [9.17, 15) is 18.0 Å². The van der Waals surface area contributed by atoms with Crippen LogP contribution in [0.15, 0.2) is 22.5 Å². The van der Waals surface area contributed by atoms with Crippen molar-refractivity contribution in [2.45, 2.75) is 30.8 Å². The number of alkyl halides is 3. The molecular formula is C15H16F3N3O2S2. The third-order valence-corrected chi connectivity index (χ3v) is 4.85. The Morgan fingerprint density at radius 3 is 2.72 bits per heavy atom. The second-order valence-corrected chi connectivity index (χ2v) is 7.39. The molecule has 0 aliphatic rings. The molecule has 1 aromatic heterocycles. The van der Waals surface area contributed by atoms with E-state index in [4.69, 9.17) is 4.74 Å². The molecule has 0 atom stereocenters. The predicted molar refractivity (Wildman–Crippen MR) is 91.2 cm³/mol. The zero-order valence-electron chi connectivity index (χ0n) is 13.5. The smallest absolute Gasteiger partial charge is 0.416 e. The fraction of sp³-hybridized carbons (Fsp3) is 0.400. The minimum Gasteiger partial charge on any atom is -0.491 e. The second kappa shape index (κ2) is 8.52. The summed E-state index contributed by atoms with van der Waals surface area (Å²) in [6.07, 6.45) is -3.80. The predicted octanol–water partition coefficient (Wildman–Crippen LogP) is 4.38. The van der Waals surface area contributed by atoms with Crippen molar-refractivity contribution in [2.75, 3.05) is 17.7 Å². The van der Waals surface area contributed by atoms with Gasteiger partial charge in [0.05, 0.1) is 23.6 Å². The second-order valence-electron chi connectivity index (χ2n) is 4.98. The largest absolute Gasteiger partial charge is 0.491 e. The van der Waals surface area contributed by atoms with Crippen LogP contribution in [-0.2, 0) is 11.0 Å². The first-order chi connectivity index (χ1) is 11.8. The summed E-state index contributed by atoms with van der Waals surface area (Å²) in [5.41, 5.74) is -0.846. The summed E-state index contributed by atoms with van der Waals surface area (Å²) < 4.78 is 44.7. The lowest BCUT2D eigenvalue weighted by atomic mass is 10.1. The summed E-state index contributed by atoms with van der Waals surface area (Å²) >= 11 is 2.52. The topological polar surface area (TPSA) is 64.1 Å². The SMILES string of the molecule is CCCOc1ccc(C(F)(F)F)cc1NC(=O)CSc1nnc(C)s1. The lowest BCUT2D eigenvalue weighted by Crippen LogP contribution is -2.16. The number of nitrogens with zero attached hydrogens (tertiary/aromatic N) is 2. The van der Waals surface area contributed by atoms with Crippen molar-refractivity contribution in [3.8, 4) is 5.75 Å². The molecule has 0 spiro atoms. The molecule has 0 saturated heterocycles. The van der Waals surface area contributed by atoms with Gasteiger partial charge in [-0.3, -0.25) is 4.79 Å². The summed E-state index contributed by atoms with van der Waals surface area (Å²) in [6, 6.07) is 3.03. The standard InChI is InChI=1S/C15H16F3N3O2S2/c1-3-6-23-12-5-4-10(15(16,17)18)7-11(12)19-13(22)8-24-14-21-20-9(2)25-14/h4-5,7H,3,6,8H2,1-2H3,(H,19,22). The number of aromatic nitrogens is 2. The van der Waals surface area contributed by atoms with E-state index >= 15 is 0 Å². The van der Waals surface area contributed by atoms with Crippen molar-refractivity contribution in [3.05, 3.63) is 28.8 Å². The fourth-order valence-electron chi connectivity index (χ4n) is 1.79. The van der Waals surface area contributed by atoms with E-state index in [0.717, 1.165) is 17.1 Å². The zero-order chi connectivity index (χ0) is 18.4. The average Bonchev–Trinajstić information content (AvgIpc) is 2.96. The highest BCUT2D eigenvalue weighted by molar-refractivity contribution is 8.01. The van der Waals surface area contributed by atoms with Crippen molar-refractivity contribution in [2.24, 2.45) is 0 Å². The molecule has 1 heterocycles. The van der Waals surface area contributed by atoms with Crippen LogP contribution in [-0.4, -0.2) is 28.5 Å². The van der Waals surface area contributed by atoms with Gasteiger partial charge >= 0.3 is 6.18 Å². The van der Waals surface area contributed by atoms with E-state index in [1.807, 2.05) is 6.92 Å². The summed E-state index contributed by atoms with van der Waals surface area (Å²) in [6.45, 7) is 4.01. The average molecular weight is 391 g/mol. The molecule has 2 rings (SSSR count). The Morgan fingerprint density at radius 2 is 2.12 bits per heavy atom. The van der Waals surface area contributed by atoms with Crippen LogP contribution in [0.5, 0.6) is 5.75 Å². The number of thioether (sulfide) groups is 1. The third kappa shape index (κ3) is 5.89. The van der Waals surface area contributed by atoms with Gasteiger partial charge in [0.2, 0.25) is 5.91 Å². The van der Waals surface area contributed by atoms with Gasteiger partial charge in [0.1, 0.15) is 10.8 Å². The Hall–Kier alpha value is -1.81. The van der Waals surface area contributed by atoms with Gasteiger partial charge in [0.25, 0.3) is 0 Å². The number of halogens is 3. The first kappa shape index (κ1) is 19.5. The lowest BCUT2D eigenvalue weighted by molar-refractivity contribution is -0.137. The van der Waals surface area contributed by atoms with Crippen LogP contribution < -0.4 is 10.1 Å². The van der Waals surface area contributed by atoms with Crippen LogP contribution in [0.4, 0.5) is 18.9 Å². The first-order valence-electron chi connectivity index (χ1n) is 7.36. The molecule has 0 saturated carbocycles. The number of hydrogen-bond donors (Lipinski definition) is 1. The number of carbonyl (C=O) groups excluding carboxylic acids is 1. The quantitative estimate of drug-likeness (QED) is 0.710. The van der Waals surface area contributed by atoms with Crippen LogP contribution in [0.3, 0.4) is 0 Å². The number of hydrogen-bond acceptors (Lipinski definition) is 6. The maximum atomic E-state index is 12.9. The number of aryl methyl sites for hydroxylation is 1. The van der Waals surface area contributed by atoms with Crippen molar-refractivity contribution in [3.63, 3.8) is 0 Å². The minimum absolute atomic E-state index is 0.00215. The summed E-state index contributed by atoms with van der Waals surface area (Å²) in [5, 5.41) is 11.0. The highest BCUT2D eigenvalue weighted by atomic mass is 32.2. The van der Waals surface area contributed by atoms with Crippen LogP contribution in [0.2, 0.25) is 0 Å². The summed E-state index contributed by atoms with van der Waals surface area (Å²) in [7, 11) is 0. The highest BCUT2D eigenvalue weighted by Gasteiger charge is 2.31. The normalized spacial score (nSPS) is 11.4. The molecule has 2 aromatic rings. The number of amides is 1. The van der Waals surface area contributed by atoms with Gasteiger partial charge in [-0.15, -0.1) is 10.2 Å². The van der Waals surface area contributed by atoms with Crippen molar-refractivity contribution in [1.29, 1.82) is 0 Å². The minimum atomic E-state index is -4.50. The first-order valence-corrected chi connectivity index (χ1v) is 9.16. The Balaban J connectivity index is 2.09. The van der Waals surface area contributed by atoms with E-state index < -0.39 is 17.6 Å². The third-order valence-electron chi connectivity index (χ3n) is 2.88. The molecule has 1 amide bonds. The Morgan fingerprint density at radius 1 is 1.36 bits per heavy atom. The number of benzene rings is 1. The molecule has 136 valence electrons. The van der Waals surface area contributed by atoms with Crippen molar-refractivity contribution >= 4 is 34.7 Å². The molecule has 5 nitrogen and oxygen atoms in total. The van der Waals surface area contributed by atoms with Crippen LogP contribution in [0.1, 0.15) is 23.9 Å². The molecule has 0 bridgehead atoms. The van der Waals surface area contributed by atoms with Gasteiger partial charge in [-0.25, -0.2) is 0 Å². The van der Waals surface area contributed by atoms with E-state index in [1.54, 1.807) is 6.92 Å². The number of ether oxygens (including phenoxy) is 1. The van der Waals surface area contributed by atoms with E-state index in [2.05, 4.69) is 15.5 Å². The van der Waals surface area contributed by atoms with Gasteiger partial charge in [-0.05, 0) is 31.5 Å². The van der Waals surface area contributed by atoms with Crippen LogP contribution in [0, 0.1) is 6.92 Å². The number of rotatable bonds is 7. The van der Waals surface area contributed by atoms with Gasteiger partial charge < -0.3 is 10.1 Å². The van der Waals surface area contributed by atoms with Gasteiger partial charge in [0, 0.05) is 0 Å². The highest BCUT2D eigenvalue weighted by Crippen LogP contribution is 2.35. The Labute approximate surface area is 151 Å². The van der Waals surface area contributed by atoms with Gasteiger partial charge in [-0.1, -0.05) is 30.0 Å². The molecule has 1 aromatic carbocycles. The molecule has 0 aliphatic heterocycles. The maximum Gasteiger partial charge on any atom is 0.416 e. The monoisotopic (exact) mass is 391 g/mol. The Bertz CT molecular complexity index is 735. The fourth-order valence-corrected chi connectivity index (χ4v) is 3.41. The Kier molecular flexibility index (Phi) is 6.65. The van der Waals surface area contributed by atoms with E-state index in [-0.39, 0.29) is 17.2 Å². The summed E-state index contributed by atoms with van der Waals surface area (Å²) in [4.78, 5) is 12.1. The maximum absolute atomic E-state index is 12.9. The van der Waals surface area contributed by atoms with E-state index in [1.165, 1.54) is 29.2 Å². The van der Waals surface area contributed by atoms with Crippen LogP contribution >= 0.6 is 23.1 Å². The molecule has 1 N–H and O–H groups in total. The lowest BCUT2D eigenvalue weighted by Gasteiger charge is -2.15. The molecule has 0 fully saturated rings. The number of carbonyl (C=O) groups is 1. The van der Waals surface area contributed by atoms with Crippen molar-refractivity contribution in [1.82, 2.24) is 10.2 Å². The number of nitrogens with one attached hydrogen (secondary N) is 1.